The van der Waals surface area contributed by atoms with E-state index in [-0.39, 0.29) is 0 Å². The highest BCUT2D eigenvalue weighted by Gasteiger charge is 2.63. The molecule has 0 spiro atoms. The molecular formula is C40H27ClN6. The fourth-order valence-corrected chi connectivity index (χ4v) is 6.46. The SMILES string of the molecule is Clc1ccccc1C1(C2(c3ncccn3)N=C(c3ccccc3)C(c3ccccc3)=N2)N=C(c2ccccc2)C(c2ccccc2)=N1. The smallest absolute Gasteiger partial charge is 0.243 e. The van der Waals surface area contributed by atoms with Gasteiger partial charge in [0.05, 0.1) is 22.8 Å². The third kappa shape index (κ3) is 4.82. The van der Waals surface area contributed by atoms with Crippen molar-refractivity contribution in [3.8, 4) is 0 Å². The Balaban J connectivity index is 1.54. The van der Waals surface area contributed by atoms with E-state index in [1.165, 1.54) is 0 Å². The first kappa shape index (κ1) is 28.6. The molecule has 0 saturated carbocycles. The minimum absolute atomic E-state index is 0.355. The van der Waals surface area contributed by atoms with E-state index in [9.17, 15) is 0 Å². The maximum atomic E-state index is 7.14. The van der Waals surface area contributed by atoms with Crippen LogP contribution in [0.1, 0.15) is 33.6 Å². The van der Waals surface area contributed by atoms with Crippen molar-refractivity contribution < 1.29 is 0 Å². The molecule has 6 nitrogen and oxygen atoms in total. The Morgan fingerprint density at radius 2 is 0.702 bits per heavy atom. The number of halogens is 1. The molecule has 0 N–H and O–H groups in total. The molecular weight excluding hydrogens is 600 g/mol. The molecule has 0 fully saturated rings. The molecule has 0 saturated heterocycles. The minimum atomic E-state index is -1.58. The molecule has 0 bridgehead atoms. The van der Waals surface area contributed by atoms with Crippen LogP contribution >= 0.6 is 11.6 Å². The lowest BCUT2D eigenvalue weighted by molar-refractivity contribution is 0.243. The Kier molecular flexibility index (Phi) is 7.20. The van der Waals surface area contributed by atoms with Crippen LogP contribution in [0.5, 0.6) is 0 Å². The predicted molar refractivity (Wildman–Crippen MR) is 189 cm³/mol. The normalized spacial score (nSPS) is 16.2. The van der Waals surface area contributed by atoms with Crippen LogP contribution in [-0.2, 0) is 11.3 Å². The van der Waals surface area contributed by atoms with E-state index in [4.69, 9.17) is 41.5 Å². The van der Waals surface area contributed by atoms with E-state index in [1.807, 2.05) is 146 Å². The van der Waals surface area contributed by atoms with Crippen molar-refractivity contribution in [2.75, 3.05) is 0 Å². The highest BCUT2D eigenvalue weighted by Crippen LogP contribution is 2.54. The fraction of sp³-hybridized carbons (Fsp3) is 0.0500. The second-order valence-corrected chi connectivity index (χ2v) is 11.6. The Morgan fingerprint density at radius 3 is 1.09 bits per heavy atom. The second-order valence-electron chi connectivity index (χ2n) is 11.2. The number of rotatable bonds is 7. The van der Waals surface area contributed by atoms with E-state index in [0.29, 0.717) is 39.3 Å². The van der Waals surface area contributed by atoms with Gasteiger partial charge in [-0.25, -0.2) is 29.9 Å². The quantitative estimate of drug-likeness (QED) is 0.179. The van der Waals surface area contributed by atoms with Gasteiger partial charge in [0.25, 0.3) is 5.66 Å². The van der Waals surface area contributed by atoms with Crippen LogP contribution in [-0.4, -0.2) is 32.8 Å². The van der Waals surface area contributed by atoms with E-state index < -0.39 is 11.3 Å². The van der Waals surface area contributed by atoms with Crippen molar-refractivity contribution in [2.45, 2.75) is 11.3 Å². The maximum Gasteiger partial charge on any atom is 0.261 e. The summed E-state index contributed by atoms with van der Waals surface area (Å²) >= 11 is 7.14. The van der Waals surface area contributed by atoms with Crippen molar-refractivity contribution in [2.24, 2.45) is 20.0 Å². The van der Waals surface area contributed by atoms with Crippen LogP contribution in [0.2, 0.25) is 5.02 Å². The summed E-state index contributed by atoms with van der Waals surface area (Å²) in [5.74, 6) is 0.355. The standard InChI is InChI=1S/C40H27ClN6/c41-33-25-14-13-24-32(33)39(44-34(28-16-5-1-6-17-28)35(45-39)29-18-7-2-8-19-29)40(38-42-26-15-27-43-38)46-36(30-20-9-3-10-21-30)37(47-40)31-22-11-4-12-23-31/h1-27H. The van der Waals surface area contributed by atoms with Gasteiger partial charge in [-0.1, -0.05) is 151 Å². The molecule has 2 aliphatic rings. The molecule has 0 unspecified atom stereocenters. The van der Waals surface area contributed by atoms with Gasteiger partial charge in [0.2, 0.25) is 5.66 Å². The van der Waals surface area contributed by atoms with Gasteiger partial charge in [-0.2, -0.15) is 0 Å². The molecule has 1 aromatic heterocycles. The zero-order valence-corrected chi connectivity index (χ0v) is 25.9. The summed E-state index contributed by atoms with van der Waals surface area (Å²) in [6, 6.07) is 49.7. The first-order valence-electron chi connectivity index (χ1n) is 15.3. The van der Waals surface area contributed by atoms with Gasteiger partial charge in [-0.05, 0) is 12.1 Å². The lowest BCUT2D eigenvalue weighted by Crippen LogP contribution is -2.44. The van der Waals surface area contributed by atoms with Crippen molar-refractivity contribution in [3.63, 3.8) is 0 Å². The fourth-order valence-electron chi connectivity index (χ4n) is 6.20. The summed E-state index contributed by atoms with van der Waals surface area (Å²) in [5, 5.41) is 0.483. The van der Waals surface area contributed by atoms with Crippen LogP contribution in [0, 0.1) is 0 Å². The molecule has 47 heavy (non-hydrogen) atoms. The Bertz CT molecular complexity index is 2070. The highest BCUT2D eigenvalue weighted by atomic mass is 35.5. The Morgan fingerprint density at radius 1 is 0.362 bits per heavy atom. The molecule has 6 aromatic rings. The Labute approximate surface area is 277 Å². The van der Waals surface area contributed by atoms with Gasteiger partial charge in [-0.3, -0.25) is 0 Å². The van der Waals surface area contributed by atoms with Crippen molar-refractivity contribution in [1.82, 2.24) is 9.97 Å². The van der Waals surface area contributed by atoms with Gasteiger partial charge in [0, 0.05) is 45.2 Å². The average Bonchev–Trinajstić information content (AvgIpc) is 3.76. The molecule has 7 heteroatoms. The highest BCUT2D eigenvalue weighted by molar-refractivity contribution is 6.55. The third-order valence-electron chi connectivity index (χ3n) is 8.35. The molecule has 8 rings (SSSR count). The third-order valence-corrected chi connectivity index (χ3v) is 8.67. The van der Waals surface area contributed by atoms with Crippen LogP contribution in [0.15, 0.2) is 184 Å². The number of aliphatic imine (C=N–C) groups is 4. The number of aromatic nitrogens is 2. The Hall–Kier alpha value is -5.85. The summed E-state index contributed by atoms with van der Waals surface area (Å²) in [6.07, 6.45) is 3.41. The minimum Gasteiger partial charge on any atom is -0.243 e. The zero-order valence-electron chi connectivity index (χ0n) is 25.1. The topological polar surface area (TPSA) is 75.2 Å². The van der Waals surface area contributed by atoms with Crippen LogP contribution in [0.3, 0.4) is 0 Å². The van der Waals surface area contributed by atoms with E-state index in [1.54, 1.807) is 18.5 Å². The first-order chi connectivity index (χ1) is 23.2. The van der Waals surface area contributed by atoms with Gasteiger partial charge in [0.15, 0.2) is 5.82 Å². The summed E-state index contributed by atoms with van der Waals surface area (Å²) in [7, 11) is 0. The predicted octanol–water partition coefficient (Wildman–Crippen LogP) is 8.12. The number of hydrogen-bond donors (Lipinski definition) is 0. The van der Waals surface area contributed by atoms with Gasteiger partial charge >= 0.3 is 0 Å². The van der Waals surface area contributed by atoms with Crippen LogP contribution in [0.4, 0.5) is 0 Å². The summed E-state index contributed by atoms with van der Waals surface area (Å²) in [4.78, 5) is 32.0. The van der Waals surface area contributed by atoms with E-state index >= 15 is 0 Å². The van der Waals surface area contributed by atoms with Gasteiger partial charge < -0.3 is 0 Å². The molecule has 0 atom stereocenters. The molecule has 224 valence electrons. The number of benzene rings is 5. The zero-order chi connectivity index (χ0) is 31.7. The van der Waals surface area contributed by atoms with E-state index in [2.05, 4.69) is 0 Å². The average molecular weight is 627 g/mol. The largest absolute Gasteiger partial charge is 0.261 e. The lowest BCUT2D eigenvalue weighted by atomic mass is 9.86. The molecule has 5 aromatic carbocycles. The van der Waals surface area contributed by atoms with Crippen LogP contribution in [0.25, 0.3) is 0 Å². The summed E-state index contributed by atoms with van der Waals surface area (Å²) < 4.78 is 0. The molecule has 0 aliphatic carbocycles. The van der Waals surface area contributed by atoms with Crippen molar-refractivity contribution in [3.05, 3.63) is 203 Å². The summed E-state index contributed by atoms with van der Waals surface area (Å²) in [5.41, 5.74) is 3.94. The van der Waals surface area contributed by atoms with E-state index in [0.717, 1.165) is 22.3 Å². The van der Waals surface area contributed by atoms with Gasteiger partial charge in [0.1, 0.15) is 0 Å². The first-order valence-corrected chi connectivity index (χ1v) is 15.7. The molecule has 2 aliphatic heterocycles. The van der Waals surface area contributed by atoms with Crippen molar-refractivity contribution >= 4 is 34.4 Å². The number of hydrogen-bond acceptors (Lipinski definition) is 6. The molecule has 3 heterocycles. The molecule has 0 radical (unpaired) electrons. The van der Waals surface area contributed by atoms with Crippen LogP contribution < -0.4 is 0 Å². The monoisotopic (exact) mass is 626 g/mol. The summed E-state index contributed by atoms with van der Waals surface area (Å²) in [6.45, 7) is 0. The van der Waals surface area contributed by atoms with Gasteiger partial charge in [-0.15, -0.1) is 0 Å². The van der Waals surface area contributed by atoms with Crippen molar-refractivity contribution in [1.29, 1.82) is 0 Å². The lowest BCUT2D eigenvalue weighted by Gasteiger charge is -2.36. The second kappa shape index (κ2) is 11.8. The number of nitrogens with zero attached hydrogens (tertiary/aromatic N) is 6. The molecule has 0 amide bonds. The maximum absolute atomic E-state index is 7.14.